The Morgan fingerprint density at radius 3 is 2.62 bits per heavy atom. The highest BCUT2D eigenvalue weighted by molar-refractivity contribution is 6.42. The fourth-order valence-corrected chi connectivity index (χ4v) is 3.60. The minimum atomic E-state index is -0.895. The number of rotatable bonds is 4. The lowest BCUT2D eigenvalue weighted by atomic mass is 9.95. The number of carboxylic acid groups (broad SMARTS) is 1. The molecule has 0 bridgehead atoms. The highest BCUT2D eigenvalue weighted by Gasteiger charge is 2.37. The topological polar surface area (TPSA) is 40.5 Å². The molecule has 6 heteroatoms. The quantitative estimate of drug-likeness (QED) is 0.845. The van der Waals surface area contributed by atoms with E-state index in [1.807, 2.05) is 4.90 Å². The summed E-state index contributed by atoms with van der Waals surface area (Å²) in [5.41, 5.74) is 1.16. The first-order valence-electron chi connectivity index (χ1n) is 7.67. The van der Waals surface area contributed by atoms with Crippen LogP contribution in [0, 0.1) is 5.82 Å². The number of aliphatic carboxylic acids is 1. The van der Waals surface area contributed by atoms with E-state index >= 15 is 0 Å². The van der Waals surface area contributed by atoms with E-state index in [1.165, 1.54) is 6.07 Å². The zero-order valence-electron chi connectivity index (χ0n) is 12.8. The Morgan fingerprint density at radius 2 is 1.96 bits per heavy atom. The second-order valence-electron chi connectivity index (χ2n) is 5.83. The molecule has 2 aromatic rings. The van der Waals surface area contributed by atoms with Crippen LogP contribution in [0.3, 0.4) is 0 Å². The lowest BCUT2D eigenvalue weighted by Gasteiger charge is -2.32. The fourth-order valence-electron chi connectivity index (χ4n) is 3.29. The molecule has 1 heterocycles. The molecule has 0 amide bonds. The third-order valence-corrected chi connectivity index (χ3v) is 5.11. The monoisotopic (exact) mass is 367 g/mol. The zero-order valence-corrected chi connectivity index (χ0v) is 14.3. The van der Waals surface area contributed by atoms with E-state index in [-0.39, 0.29) is 5.82 Å². The molecule has 1 N–H and O–H groups in total. The second kappa shape index (κ2) is 7.09. The third-order valence-electron chi connectivity index (χ3n) is 4.37. The SMILES string of the molecule is O=C(O)C1CCCN1C(c1ccc(Cl)c(Cl)c1)c1ccccc1F. The number of nitrogens with zero attached hydrogens (tertiary/aromatic N) is 1. The number of likely N-dealkylation sites (tertiary alicyclic amines) is 1. The van der Waals surface area contributed by atoms with Gasteiger partial charge in [0, 0.05) is 12.1 Å². The molecule has 0 spiro atoms. The van der Waals surface area contributed by atoms with Gasteiger partial charge in [-0.2, -0.15) is 0 Å². The lowest BCUT2D eigenvalue weighted by molar-refractivity contribution is -0.142. The van der Waals surface area contributed by atoms with Crippen molar-refractivity contribution in [1.29, 1.82) is 0 Å². The lowest BCUT2D eigenvalue weighted by Crippen LogP contribution is -2.39. The number of hydrogen-bond donors (Lipinski definition) is 1. The van der Waals surface area contributed by atoms with Crippen molar-refractivity contribution in [2.75, 3.05) is 6.54 Å². The Kier molecular flexibility index (Phi) is 5.09. The van der Waals surface area contributed by atoms with Crippen molar-refractivity contribution in [3.8, 4) is 0 Å². The van der Waals surface area contributed by atoms with E-state index in [2.05, 4.69) is 0 Å². The Labute approximate surface area is 149 Å². The van der Waals surface area contributed by atoms with Gasteiger partial charge in [0.15, 0.2) is 0 Å². The maximum atomic E-state index is 14.5. The van der Waals surface area contributed by atoms with Gasteiger partial charge in [0.1, 0.15) is 11.9 Å². The summed E-state index contributed by atoms with van der Waals surface area (Å²) in [5.74, 6) is -1.27. The average molecular weight is 368 g/mol. The van der Waals surface area contributed by atoms with Gasteiger partial charge in [-0.05, 0) is 36.6 Å². The standard InChI is InChI=1S/C18H16Cl2FNO2/c19-13-8-7-11(10-14(13)20)17(12-4-1-2-5-15(12)21)22-9-3-6-16(22)18(23)24/h1-2,4-5,7-8,10,16-17H,3,6,9H2,(H,23,24). The maximum absolute atomic E-state index is 14.5. The van der Waals surface area contributed by atoms with Crippen LogP contribution in [-0.2, 0) is 4.79 Å². The van der Waals surface area contributed by atoms with E-state index in [0.717, 1.165) is 12.0 Å². The van der Waals surface area contributed by atoms with Crippen LogP contribution in [0.1, 0.15) is 30.0 Å². The minimum Gasteiger partial charge on any atom is -0.480 e. The molecule has 3 nitrogen and oxygen atoms in total. The van der Waals surface area contributed by atoms with Gasteiger partial charge in [-0.1, -0.05) is 47.5 Å². The summed E-state index contributed by atoms with van der Waals surface area (Å²) in [7, 11) is 0. The van der Waals surface area contributed by atoms with Crippen LogP contribution in [0.4, 0.5) is 4.39 Å². The second-order valence-corrected chi connectivity index (χ2v) is 6.65. The first-order chi connectivity index (χ1) is 11.5. The van der Waals surface area contributed by atoms with Crippen LogP contribution in [0.25, 0.3) is 0 Å². The average Bonchev–Trinajstić information content (AvgIpc) is 3.02. The number of benzene rings is 2. The van der Waals surface area contributed by atoms with Gasteiger partial charge in [0.05, 0.1) is 16.1 Å². The molecule has 1 fully saturated rings. The Hall–Kier alpha value is -1.62. The van der Waals surface area contributed by atoms with Crippen molar-refractivity contribution >= 4 is 29.2 Å². The van der Waals surface area contributed by atoms with Gasteiger partial charge in [-0.3, -0.25) is 9.69 Å². The first kappa shape index (κ1) is 17.2. The predicted octanol–water partition coefficient (Wildman–Crippen LogP) is 4.77. The molecule has 0 aromatic heterocycles. The molecule has 0 radical (unpaired) electrons. The van der Waals surface area contributed by atoms with Gasteiger partial charge in [0.2, 0.25) is 0 Å². The highest BCUT2D eigenvalue weighted by Crippen LogP contribution is 2.38. The molecule has 1 saturated heterocycles. The molecule has 2 unspecified atom stereocenters. The molecule has 1 aliphatic rings. The van der Waals surface area contributed by atoms with Gasteiger partial charge < -0.3 is 5.11 Å². The molecule has 0 saturated carbocycles. The normalized spacial score (nSPS) is 19.4. The summed E-state index contributed by atoms with van der Waals surface area (Å²) in [6.07, 6.45) is 1.30. The molecule has 3 rings (SSSR count). The summed E-state index contributed by atoms with van der Waals surface area (Å²) in [6.45, 7) is 0.580. The van der Waals surface area contributed by atoms with Gasteiger partial charge in [-0.15, -0.1) is 0 Å². The summed E-state index contributed by atoms with van der Waals surface area (Å²) in [6, 6.07) is 10.3. The van der Waals surface area contributed by atoms with Crippen molar-refractivity contribution in [1.82, 2.24) is 4.90 Å². The van der Waals surface area contributed by atoms with Gasteiger partial charge in [0.25, 0.3) is 0 Å². The molecular formula is C18H16Cl2FNO2. The molecule has 24 heavy (non-hydrogen) atoms. The highest BCUT2D eigenvalue weighted by atomic mass is 35.5. The molecule has 2 aromatic carbocycles. The van der Waals surface area contributed by atoms with Crippen LogP contribution >= 0.6 is 23.2 Å². The van der Waals surface area contributed by atoms with Crippen molar-refractivity contribution < 1.29 is 14.3 Å². The molecule has 1 aliphatic heterocycles. The third kappa shape index (κ3) is 3.27. The van der Waals surface area contributed by atoms with Crippen molar-refractivity contribution in [3.63, 3.8) is 0 Å². The van der Waals surface area contributed by atoms with E-state index in [1.54, 1.807) is 36.4 Å². The Bertz CT molecular complexity index is 768. The number of halogens is 3. The van der Waals surface area contributed by atoms with Crippen LogP contribution in [0.5, 0.6) is 0 Å². The molecule has 2 atom stereocenters. The molecule has 0 aliphatic carbocycles. The fraction of sp³-hybridized carbons (Fsp3) is 0.278. The minimum absolute atomic E-state index is 0.363. The van der Waals surface area contributed by atoms with Gasteiger partial charge in [-0.25, -0.2) is 4.39 Å². The number of carbonyl (C=O) groups is 1. The summed E-state index contributed by atoms with van der Waals surface area (Å²) >= 11 is 12.1. The Balaban J connectivity index is 2.12. The first-order valence-corrected chi connectivity index (χ1v) is 8.42. The van der Waals surface area contributed by atoms with Crippen LogP contribution in [0.15, 0.2) is 42.5 Å². The van der Waals surface area contributed by atoms with Crippen molar-refractivity contribution in [2.45, 2.75) is 24.9 Å². The van der Waals surface area contributed by atoms with Crippen LogP contribution < -0.4 is 0 Å². The summed E-state index contributed by atoms with van der Waals surface area (Å²) < 4.78 is 14.5. The maximum Gasteiger partial charge on any atom is 0.320 e. The smallest absolute Gasteiger partial charge is 0.320 e. The van der Waals surface area contributed by atoms with Gasteiger partial charge >= 0.3 is 5.97 Å². The predicted molar refractivity (Wildman–Crippen MR) is 92.1 cm³/mol. The zero-order chi connectivity index (χ0) is 17.3. The Morgan fingerprint density at radius 1 is 1.21 bits per heavy atom. The van der Waals surface area contributed by atoms with E-state index in [4.69, 9.17) is 23.2 Å². The van der Waals surface area contributed by atoms with Crippen LogP contribution in [-0.4, -0.2) is 28.6 Å². The van der Waals surface area contributed by atoms with E-state index < -0.39 is 18.1 Å². The number of hydrogen-bond acceptors (Lipinski definition) is 2. The largest absolute Gasteiger partial charge is 0.480 e. The molecular weight excluding hydrogens is 352 g/mol. The summed E-state index contributed by atoms with van der Waals surface area (Å²) in [5, 5.41) is 10.3. The van der Waals surface area contributed by atoms with Crippen molar-refractivity contribution in [2.24, 2.45) is 0 Å². The van der Waals surface area contributed by atoms with Crippen LogP contribution in [0.2, 0.25) is 10.0 Å². The number of carboxylic acids is 1. The summed E-state index contributed by atoms with van der Waals surface area (Å²) in [4.78, 5) is 13.4. The van der Waals surface area contributed by atoms with E-state index in [0.29, 0.717) is 28.6 Å². The van der Waals surface area contributed by atoms with E-state index in [9.17, 15) is 14.3 Å². The van der Waals surface area contributed by atoms with Crippen molar-refractivity contribution in [3.05, 3.63) is 69.5 Å². The molecule has 126 valence electrons.